The van der Waals surface area contributed by atoms with Crippen molar-refractivity contribution in [3.8, 4) is 17.2 Å². The van der Waals surface area contributed by atoms with Crippen LogP contribution in [0.5, 0.6) is 17.2 Å². The number of anilines is 1. The van der Waals surface area contributed by atoms with Crippen LogP contribution in [0.1, 0.15) is 18.4 Å². The topological polar surface area (TPSA) is 131 Å². The van der Waals surface area contributed by atoms with Crippen LogP contribution in [0.3, 0.4) is 0 Å². The van der Waals surface area contributed by atoms with E-state index in [1.165, 1.54) is 16.7 Å². The van der Waals surface area contributed by atoms with Gasteiger partial charge in [0.1, 0.15) is 10.1 Å². The largest absolute Gasteiger partial charge is 0.506 e. The Balaban J connectivity index is 1.33. The second-order valence-corrected chi connectivity index (χ2v) is 8.73. The van der Waals surface area contributed by atoms with Crippen molar-refractivity contribution in [2.24, 2.45) is 0 Å². The number of rotatable bonds is 7. The molecular weight excluding hydrogens is 470 g/mol. The lowest BCUT2D eigenvalue weighted by Crippen LogP contribution is -2.29. The van der Waals surface area contributed by atoms with Crippen molar-refractivity contribution in [3.05, 3.63) is 57.0 Å². The van der Waals surface area contributed by atoms with E-state index in [0.717, 1.165) is 23.8 Å². The summed E-state index contributed by atoms with van der Waals surface area (Å²) in [6.45, 7) is 0.396. The Morgan fingerprint density at radius 3 is 2.85 bits per heavy atom. The summed E-state index contributed by atoms with van der Waals surface area (Å²) in [6.07, 6.45) is 2.06. The van der Waals surface area contributed by atoms with E-state index in [4.69, 9.17) is 21.7 Å². The first-order valence-corrected chi connectivity index (χ1v) is 11.0. The van der Waals surface area contributed by atoms with Crippen molar-refractivity contribution in [3.63, 3.8) is 0 Å². The number of phenols is 1. The molecule has 4 rings (SSSR count). The minimum atomic E-state index is -0.624. The summed E-state index contributed by atoms with van der Waals surface area (Å²) < 4.78 is 11.0. The van der Waals surface area contributed by atoms with Crippen LogP contribution in [0.15, 0.2) is 41.3 Å². The van der Waals surface area contributed by atoms with E-state index in [-0.39, 0.29) is 42.8 Å². The number of nitrogens with one attached hydrogen (secondary N) is 1. The molecule has 2 aromatic carbocycles. The molecule has 2 heterocycles. The lowest BCUT2D eigenvalue weighted by Gasteiger charge is -2.14. The number of hydrogen-bond donors (Lipinski definition) is 2. The molecule has 2 amide bonds. The Kier molecular flexibility index (Phi) is 6.47. The maximum Gasteiger partial charge on any atom is 0.271 e. The molecule has 0 aromatic heterocycles. The molecule has 2 aliphatic rings. The van der Waals surface area contributed by atoms with Gasteiger partial charge in [0.25, 0.3) is 11.6 Å². The Morgan fingerprint density at radius 2 is 2.06 bits per heavy atom. The molecule has 0 bridgehead atoms. The zero-order chi connectivity index (χ0) is 23.5. The Morgan fingerprint density at radius 1 is 1.27 bits per heavy atom. The zero-order valence-corrected chi connectivity index (χ0v) is 18.6. The monoisotopic (exact) mass is 487 g/mol. The fourth-order valence-electron chi connectivity index (χ4n) is 3.20. The van der Waals surface area contributed by atoms with Gasteiger partial charge in [-0.1, -0.05) is 30.0 Å². The summed E-state index contributed by atoms with van der Waals surface area (Å²) in [6, 6.07) is 8.72. The highest BCUT2D eigenvalue weighted by Gasteiger charge is 2.31. The fourth-order valence-corrected chi connectivity index (χ4v) is 4.50. The molecule has 0 spiro atoms. The van der Waals surface area contributed by atoms with E-state index < -0.39 is 10.8 Å². The number of ether oxygens (including phenoxy) is 2. The SMILES string of the molecule is O=C(CCCN1C(=O)C(=Cc2ccc3c(c2)OCO3)SC1=S)Nc1cc([N+](=O)[O-])ccc1O. The van der Waals surface area contributed by atoms with Crippen LogP contribution in [-0.2, 0) is 9.59 Å². The smallest absolute Gasteiger partial charge is 0.271 e. The standard InChI is InChI=1S/C21H17N3O7S2/c25-15-5-4-13(24(28)29)10-14(15)22-19(26)2-1-7-23-20(27)18(33-21(23)32)9-12-3-6-16-17(8-12)31-11-30-16/h3-6,8-10,25H,1-2,7,11H2,(H,22,26). The second kappa shape index (κ2) is 9.46. The van der Waals surface area contributed by atoms with Crippen molar-refractivity contribution >= 4 is 57.6 Å². The van der Waals surface area contributed by atoms with Crippen LogP contribution in [0, 0.1) is 10.1 Å². The fraction of sp³-hybridized carbons (Fsp3) is 0.190. The number of thiocarbonyl (C=S) groups is 1. The van der Waals surface area contributed by atoms with Gasteiger partial charge in [0.2, 0.25) is 12.7 Å². The highest BCUT2D eigenvalue weighted by Crippen LogP contribution is 2.36. The Labute approximate surface area is 197 Å². The number of aromatic hydroxyl groups is 1. The van der Waals surface area contributed by atoms with E-state index in [1.54, 1.807) is 18.2 Å². The molecular formula is C21H17N3O7S2. The van der Waals surface area contributed by atoms with E-state index in [9.17, 15) is 24.8 Å². The maximum absolute atomic E-state index is 12.8. The van der Waals surface area contributed by atoms with Crippen LogP contribution < -0.4 is 14.8 Å². The van der Waals surface area contributed by atoms with Gasteiger partial charge in [-0.2, -0.15) is 0 Å². The molecule has 0 unspecified atom stereocenters. The first-order chi connectivity index (χ1) is 15.8. The van der Waals surface area contributed by atoms with Crippen LogP contribution in [0.4, 0.5) is 11.4 Å². The third-order valence-electron chi connectivity index (χ3n) is 4.82. The van der Waals surface area contributed by atoms with Gasteiger partial charge in [0.15, 0.2) is 11.5 Å². The van der Waals surface area contributed by atoms with Gasteiger partial charge in [0, 0.05) is 25.1 Å². The van der Waals surface area contributed by atoms with Crippen molar-refractivity contribution in [1.82, 2.24) is 4.90 Å². The lowest BCUT2D eigenvalue weighted by molar-refractivity contribution is -0.384. The van der Waals surface area contributed by atoms with Crippen LogP contribution in [0.25, 0.3) is 6.08 Å². The Bertz CT molecular complexity index is 1200. The summed E-state index contributed by atoms with van der Waals surface area (Å²) >= 11 is 6.49. The number of thioether (sulfide) groups is 1. The molecule has 33 heavy (non-hydrogen) atoms. The number of benzene rings is 2. The summed E-state index contributed by atoms with van der Waals surface area (Å²) in [4.78, 5) is 37.1. The number of amides is 2. The number of carbonyl (C=O) groups excluding carboxylic acids is 2. The maximum atomic E-state index is 12.8. The van der Waals surface area contributed by atoms with Crippen molar-refractivity contribution in [2.75, 3.05) is 18.7 Å². The average molecular weight is 488 g/mol. The number of hydrogen-bond acceptors (Lipinski definition) is 9. The molecule has 2 aliphatic heterocycles. The van der Waals surface area contributed by atoms with E-state index in [0.29, 0.717) is 27.1 Å². The summed E-state index contributed by atoms with van der Waals surface area (Å²) in [5, 5.41) is 23.1. The number of non-ortho nitro benzene ring substituents is 1. The zero-order valence-electron chi connectivity index (χ0n) is 17.0. The van der Waals surface area contributed by atoms with Crippen molar-refractivity contribution < 1.29 is 29.1 Å². The first kappa shape index (κ1) is 22.6. The molecule has 0 radical (unpaired) electrons. The number of nitro groups is 1. The molecule has 12 heteroatoms. The molecule has 2 aromatic rings. The van der Waals surface area contributed by atoms with Gasteiger partial charge in [0.05, 0.1) is 15.5 Å². The number of phenolic OH excluding ortho intramolecular Hbond substituents is 1. The minimum absolute atomic E-state index is 0.0282. The quantitative estimate of drug-likeness (QED) is 0.197. The number of fused-ring (bicyclic) bond motifs is 1. The summed E-state index contributed by atoms with van der Waals surface area (Å²) in [5.74, 6) is 0.280. The number of nitrogens with zero attached hydrogens (tertiary/aromatic N) is 2. The van der Waals surface area contributed by atoms with Gasteiger partial charge in [-0.25, -0.2) is 0 Å². The van der Waals surface area contributed by atoms with Crippen LogP contribution in [-0.4, -0.2) is 44.4 Å². The molecule has 0 saturated carbocycles. The lowest BCUT2D eigenvalue weighted by atomic mass is 10.2. The van der Waals surface area contributed by atoms with Gasteiger partial charge < -0.3 is 19.9 Å². The minimum Gasteiger partial charge on any atom is -0.506 e. The predicted octanol–water partition coefficient (Wildman–Crippen LogP) is 3.65. The van der Waals surface area contributed by atoms with E-state index >= 15 is 0 Å². The molecule has 1 saturated heterocycles. The summed E-state index contributed by atoms with van der Waals surface area (Å²) in [5.41, 5.74) is 0.470. The highest BCUT2D eigenvalue weighted by atomic mass is 32.2. The molecule has 170 valence electrons. The molecule has 1 fully saturated rings. The van der Waals surface area contributed by atoms with Crippen LogP contribution >= 0.6 is 24.0 Å². The number of nitro benzene ring substituents is 1. The molecule has 0 aliphatic carbocycles. The first-order valence-electron chi connectivity index (χ1n) is 9.74. The molecule has 2 N–H and O–H groups in total. The van der Waals surface area contributed by atoms with Crippen molar-refractivity contribution in [1.29, 1.82) is 0 Å². The second-order valence-electron chi connectivity index (χ2n) is 7.06. The van der Waals surface area contributed by atoms with E-state index in [2.05, 4.69) is 5.32 Å². The van der Waals surface area contributed by atoms with Gasteiger partial charge in [-0.05, 0) is 36.3 Å². The van der Waals surface area contributed by atoms with E-state index in [1.807, 2.05) is 6.07 Å². The third kappa shape index (κ3) is 5.07. The predicted molar refractivity (Wildman–Crippen MR) is 125 cm³/mol. The summed E-state index contributed by atoms with van der Waals surface area (Å²) in [7, 11) is 0. The number of carbonyl (C=O) groups is 2. The van der Waals surface area contributed by atoms with Crippen molar-refractivity contribution in [2.45, 2.75) is 12.8 Å². The normalized spacial score (nSPS) is 15.9. The van der Waals surface area contributed by atoms with Gasteiger partial charge in [-0.15, -0.1) is 0 Å². The molecule has 0 atom stereocenters. The Hall–Kier alpha value is -3.64. The average Bonchev–Trinajstić information content (AvgIpc) is 3.34. The van der Waals surface area contributed by atoms with Gasteiger partial charge >= 0.3 is 0 Å². The van der Waals surface area contributed by atoms with Gasteiger partial charge in [-0.3, -0.25) is 24.6 Å². The van der Waals surface area contributed by atoms with Crippen LogP contribution in [0.2, 0.25) is 0 Å². The highest BCUT2D eigenvalue weighted by molar-refractivity contribution is 8.26. The molecule has 10 nitrogen and oxygen atoms in total. The third-order valence-corrected chi connectivity index (χ3v) is 6.20.